The Bertz CT molecular complexity index is 508. The Labute approximate surface area is 111 Å². The summed E-state index contributed by atoms with van der Waals surface area (Å²) in [7, 11) is 0. The molecule has 1 aliphatic rings. The van der Waals surface area contributed by atoms with Crippen LogP contribution < -0.4 is 5.32 Å². The minimum absolute atomic E-state index is 0.526. The Balaban J connectivity index is 1.70. The van der Waals surface area contributed by atoms with Crippen LogP contribution in [-0.4, -0.2) is 39.0 Å². The number of nitrogens with zero attached hydrogens (tertiary/aromatic N) is 4. The number of hydrogen-bond donors (Lipinski definition) is 1. The van der Waals surface area contributed by atoms with E-state index in [2.05, 4.69) is 26.4 Å². The van der Waals surface area contributed by atoms with Crippen LogP contribution in [0.25, 0.3) is 5.82 Å². The van der Waals surface area contributed by atoms with E-state index < -0.39 is 0 Å². The second-order valence-electron chi connectivity index (χ2n) is 4.59. The highest BCUT2D eigenvalue weighted by Crippen LogP contribution is 2.12. The Hall–Kier alpha value is -1.79. The monoisotopic (exact) mass is 259 g/mol. The highest BCUT2D eigenvalue weighted by molar-refractivity contribution is 5.31. The normalized spacial score (nSPS) is 16.6. The second-order valence-corrected chi connectivity index (χ2v) is 4.59. The minimum Gasteiger partial charge on any atom is -0.381 e. The van der Waals surface area contributed by atoms with Gasteiger partial charge in [-0.3, -0.25) is 0 Å². The third-order valence-electron chi connectivity index (χ3n) is 3.31. The van der Waals surface area contributed by atoms with E-state index in [0.29, 0.717) is 6.04 Å². The van der Waals surface area contributed by atoms with E-state index in [1.165, 1.54) is 6.33 Å². The van der Waals surface area contributed by atoms with E-state index in [1.807, 2.05) is 6.07 Å². The zero-order valence-corrected chi connectivity index (χ0v) is 10.7. The molecule has 2 aromatic rings. The van der Waals surface area contributed by atoms with Crippen LogP contribution >= 0.6 is 0 Å². The Kier molecular flexibility index (Phi) is 3.81. The van der Waals surface area contributed by atoms with Crippen LogP contribution in [0.1, 0.15) is 18.4 Å². The molecule has 6 heteroatoms. The van der Waals surface area contributed by atoms with E-state index in [4.69, 9.17) is 4.74 Å². The van der Waals surface area contributed by atoms with Gasteiger partial charge in [0.15, 0.2) is 5.82 Å². The summed E-state index contributed by atoms with van der Waals surface area (Å²) in [6.07, 6.45) is 7.09. The summed E-state index contributed by atoms with van der Waals surface area (Å²) < 4.78 is 7.06. The lowest BCUT2D eigenvalue weighted by Gasteiger charge is -2.23. The quantitative estimate of drug-likeness (QED) is 0.885. The fraction of sp³-hybridized carbons (Fsp3) is 0.462. The highest BCUT2D eigenvalue weighted by Gasteiger charge is 2.14. The number of hydrogen-bond acceptors (Lipinski definition) is 5. The van der Waals surface area contributed by atoms with Crippen molar-refractivity contribution in [1.29, 1.82) is 0 Å². The maximum Gasteiger partial charge on any atom is 0.159 e. The fourth-order valence-corrected chi connectivity index (χ4v) is 2.25. The molecule has 0 atom stereocenters. The zero-order chi connectivity index (χ0) is 12.9. The molecule has 0 aromatic carbocycles. The van der Waals surface area contributed by atoms with Gasteiger partial charge in [-0.2, -0.15) is 5.10 Å². The molecule has 3 rings (SSSR count). The SMILES string of the molecule is c1cnc(-n2cncn2)c(CNC2CCOCC2)c1. The van der Waals surface area contributed by atoms with Gasteiger partial charge in [0.2, 0.25) is 0 Å². The molecule has 1 aliphatic heterocycles. The predicted octanol–water partition coefficient (Wildman–Crippen LogP) is 0.931. The lowest BCUT2D eigenvalue weighted by atomic mass is 10.1. The third-order valence-corrected chi connectivity index (χ3v) is 3.31. The fourth-order valence-electron chi connectivity index (χ4n) is 2.25. The molecular weight excluding hydrogens is 242 g/mol. The number of ether oxygens (including phenoxy) is 1. The van der Waals surface area contributed by atoms with Crippen molar-refractivity contribution in [3.63, 3.8) is 0 Å². The number of pyridine rings is 1. The number of aromatic nitrogens is 4. The van der Waals surface area contributed by atoms with Crippen molar-refractivity contribution in [2.75, 3.05) is 13.2 Å². The van der Waals surface area contributed by atoms with E-state index in [9.17, 15) is 0 Å². The first-order valence-corrected chi connectivity index (χ1v) is 6.53. The molecule has 1 fully saturated rings. The molecule has 0 spiro atoms. The summed E-state index contributed by atoms with van der Waals surface area (Å²) in [5, 5.41) is 7.70. The van der Waals surface area contributed by atoms with Crippen molar-refractivity contribution >= 4 is 0 Å². The topological polar surface area (TPSA) is 64.9 Å². The largest absolute Gasteiger partial charge is 0.381 e. The van der Waals surface area contributed by atoms with Gasteiger partial charge in [-0.1, -0.05) is 6.07 Å². The minimum atomic E-state index is 0.526. The summed E-state index contributed by atoms with van der Waals surface area (Å²) in [5.41, 5.74) is 1.12. The lowest BCUT2D eigenvalue weighted by molar-refractivity contribution is 0.0776. The van der Waals surface area contributed by atoms with Gasteiger partial charge in [-0.15, -0.1) is 0 Å². The van der Waals surface area contributed by atoms with E-state index in [1.54, 1.807) is 17.2 Å². The Morgan fingerprint density at radius 2 is 2.26 bits per heavy atom. The highest BCUT2D eigenvalue weighted by atomic mass is 16.5. The summed E-state index contributed by atoms with van der Waals surface area (Å²) in [6.45, 7) is 2.48. The van der Waals surface area contributed by atoms with E-state index >= 15 is 0 Å². The third kappa shape index (κ3) is 2.97. The first-order valence-electron chi connectivity index (χ1n) is 6.53. The molecule has 6 nitrogen and oxygen atoms in total. The smallest absolute Gasteiger partial charge is 0.159 e. The van der Waals surface area contributed by atoms with Gasteiger partial charge in [0.25, 0.3) is 0 Å². The van der Waals surface area contributed by atoms with Crippen LogP contribution in [0.4, 0.5) is 0 Å². The van der Waals surface area contributed by atoms with Crippen molar-refractivity contribution in [3.05, 3.63) is 36.5 Å². The van der Waals surface area contributed by atoms with Crippen molar-refractivity contribution in [2.24, 2.45) is 0 Å². The number of rotatable bonds is 4. The predicted molar refractivity (Wildman–Crippen MR) is 69.8 cm³/mol. The molecule has 0 aliphatic carbocycles. The summed E-state index contributed by atoms with van der Waals surface area (Å²) in [5.74, 6) is 0.833. The first kappa shape index (κ1) is 12.3. The molecule has 2 aromatic heterocycles. The van der Waals surface area contributed by atoms with Gasteiger partial charge in [0, 0.05) is 37.6 Å². The number of nitrogens with one attached hydrogen (secondary N) is 1. The second kappa shape index (κ2) is 5.90. The standard InChI is InChI=1S/C13H17N5O/c1-2-11(8-16-12-3-6-19-7-4-12)13(15-5-1)18-10-14-9-17-18/h1-2,5,9-10,12,16H,3-4,6-8H2. The average Bonchev–Trinajstić information content (AvgIpc) is 3.01. The average molecular weight is 259 g/mol. The zero-order valence-electron chi connectivity index (χ0n) is 10.7. The van der Waals surface area contributed by atoms with Crippen LogP contribution in [0.5, 0.6) is 0 Å². The molecule has 1 saturated heterocycles. The molecule has 0 unspecified atom stereocenters. The molecule has 0 bridgehead atoms. The maximum absolute atomic E-state index is 5.36. The van der Waals surface area contributed by atoms with Crippen LogP contribution in [0.2, 0.25) is 0 Å². The Morgan fingerprint density at radius 1 is 1.37 bits per heavy atom. The summed E-state index contributed by atoms with van der Waals surface area (Å²) >= 11 is 0. The molecule has 0 amide bonds. The summed E-state index contributed by atoms with van der Waals surface area (Å²) in [6, 6.07) is 4.54. The van der Waals surface area contributed by atoms with Crippen LogP contribution in [-0.2, 0) is 11.3 Å². The lowest BCUT2D eigenvalue weighted by Crippen LogP contribution is -2.34. The van der Waals surface area contributed by atoms with Gasteiger partial charge in [0.1, 0.15) is 12.7 Å². The van der Waals surface area contributed by atoms with Crippen LogP contribution in [0.15, 0.2) is 31.0 Å². The van der Waals surface area contributed by atoms with Crippen LogP contribution in [0, 0.1) is 0 Å². The van der Waals surface area contributed by atoms with E-state index in [0.717, 1.165) is 44.0 Å². The maximum atomic E-state index is 5.36. The van der Waals surface area contributed by atoms with Gasteiger partial charge in [0.05, 0.1) is 0 Å². The molecule has 3 heterocycles. The van der Waals surface area contributed by atoms with E-state index in [-0.39, 0.29) is 0 Å². The van der Waals surface area contributed by atoms with Gasteiger partial charge < -0.3 is 10.1 Å². The molecule has 1 N–H and O–H groups in total. The molecule has 0 radical (unpaired) electrons. The van der Waals surface area contributed by atoms with Crippen molar-refractivity contribution < 1.29 is 4.74 Å². The first-order chi connectivity index (χ1) is 9.43. The van der Waals surface area contributed by atoms with Crippen molar-refractivity contribution in [1.82, 2.24) is 25.1 Å². The molecule has 0 saturated carbocycles. The van der Waals surface area contributed by atoms with Gasteiger partial charge in [-0.05, 0) is 18.9 Å². The Morgan fingerprint density at radius 3 is 3.05 bits per heavy atom. The van der Waals surface area contributed by atoms with Gasteiger partial charge in [-0.25, -0.2) is 14.6 Å². The molecule has 19 heavy (non-hydrogen) atoms. The van der Waals surface area contributed by atoms with Crippen LogP contribution in [0.3, 0.4) is 0 Å². The molecular formula is C13H17N5O. The summed E-state index contributed by atoms with van der Waals surface area (Å²) in [4.78, 5) is 8.35. The molecule has 100 valence electrons. The van der Waals surface area contributed by atoms with Gasteiger partial charge >= 0.3 is 0 Å². The van der Waals surface area contributed by atoms with Crippen molar-refractivity contribution in [3.8, 4) is 5.82 Å². The van der Waals surface area contributed by atoms with Crippen molar-refractivity contribution in [2.45, 2.75) is 25.4 Å².